The van der Waals surface area contributed by atoms with E-state index in [1.165, 1.54) is 10.9 Å². The van der Waals surface area contributed by atoms with Crippen LogP contribution in [-0.4, -0.2) is 9.78 Å². The summed E-state index contributed by atoms with van der Waals surface area (Å²) in [7, 11) is 0. The largest absolute Gasteiger partial charge is 0.281 e. The summed E-state index contributed by atoms with van der Waals surface area (Å²) >= 11 is 1.87. The minimum Gasteiger partial charge on any atom is -0.260 e. The predicted molar refractivity (Wildman–Crippen MR) is 50.3 cm³/mol. The Morgan fingerprint density at radius 2 is 2.08 bits per heavy atom. The van der Waals surface area contributed by atoms with Crippen molar-refractivity contribution in [2.45, 2.75) is 26.3 Å². The van der Waals surface area contributed by atoms with E-state index >= 15 is 0 Å². The molecule has 68 valence electrons. The van der Waals surface area contributed by atoms with E-state index in [1.54, 1.807) is 0 Å². The van der Waals surface area contributed by atoms with E-state index in [0.717, 1.165) is 0 Å². The maximum Gasteiger partial charge on any atom is 0.281 e. The second kappa shape index (κ2) is 3.68. The van der Waals surface area contributed by atoms with Crippen molar-refractivity contribution in [1.82, 2.24) is 9.78 Å². The number of hydrogen-bond donors (Lipinski definition) is 0. The van der Waals surface area contributed by atoms with Crippen LogP contribution >= 0.6 is 22.6 Å². The lowest BCUT2D eigenvalue weighted by Gasteiger charge is -2.09. The average molecular weight is 286 g/mol. The van der Waals surface area contributed by atoms with E-state index < -0.39 is 6.43 Å². The minimum absolute atomic E-state index is 0.0162. The molecule has 0 fully saturated rings. The molecule has 2 nitrogen and oxygen atoms in total. The lowest BCUT2D eigenvalue weighted by atomic mass is 10.3. The Labute approximate surface area is 83.1 Å². The summed E-state index contributed by atoms with van der Waals surface area (Å²) in [4.78, 5) is 0. The number of halogens is 3. The fourth-order valence-corrected chi connectivity index (χ4v) is 1.57. The fourth-order valence-electron chi connectivity index (χ4n) is 0.966. The Morgan fingerprint density at radius 1 is 1.50 bits per heavy atom. The molecule has 0 radical (unpaired) electrons. The molecule has 1 rings (SSSR count). The van der Waals surface area contributed by atoms with Crippen LogP contribution in [-0.2, 0) is 0 Å². The summed E-state index contributed by atoms with van der Waals surface area (Å²) in [6.45, 7) is 3.66. The highest BCUT2D eigenvalue weighted by Crippen LogP contribution is 2.26. The summed E-state index contributed by atoms with van der Waals surface area (Å²) in [6, 6.07) is -0.0162. The van der Waals surface area contributed by atoms with Gasteiger partial charge in [-0.3, -0.25) is 4.68 Å². The van der Waals surface area contributed by atoms with Gasteiger partial charge in [-0.05, 0) is 36.4 Å². The molecule has 0 bridgehead atoms. The van der Waals surface area contributed by atoms with E-state index in [2.05, 4.69) is 5.10 Å². The number of aromatic nitrogens is 2. The molecule has 0 aliphatic carbocycles. The standard InChI is InChI=1S/C7H9F2IN2/c1-4(2)12-6(7(8)9)5(10)3-11-12/h3-4,7H,1-2H3. The summed E-state index contributed by atoms with van der Waals surface area (Å²) in [5.41, 5.74) is 0.0191. The smallest absolute Gasteiger partial charge is 0.260 e. The van der Waals surface area contributed by atoms with Gasteiger partial charge in [0, 0.05) is 6.04 Å². The molecule has 12 heavy (non-hydrogen) atoms. The van der Waals surface area contributed by atoms with Gasteiger partial charge >= 0.3 is 0 Å². The Bertz CT molecular complexity index is 270. The van der Waals surface area contributed by atoms with E-state index in [4.69, 9.17) is 0 Å². The number of alkyl halides is 2. The van der Waals surface area contributed by atoms with Crippen molar-refractivity contribution in [3.05, 3.63) is 15.5 Å². The van der Waals surface area contributed by atoms with E-state index in [1.807, 2.05) is 36.4 Å². The van der Waals surface area contributed by atoms with Crippen molar-refractivity contribution in [2.75, 3.05) is 0 Å². The van der Waals surface area contributed by atoms with Crippen LogP contribution in [0.4, 0.5) is 8.78 Å². The highest BCUT2D eigenvalue weighted by molar-refractivity contribution is 14.1. The minimum atomic E-state index is -2.44. The Hall–Kier alpha value is -0.200. The molecule has 1 heterocycles. The predicted octanol–water partition coefficient (Wildman–Crippen LogP) is 3.01. The molecular formula is C7H9F2IN2. The number of rotatable bonds is 2. The molecular weight excluding hydrogens is 277 g/mol. The van der Waals surface area contributed by atoms with Gasteiger partial charge in [-0.15, -0.1) is 0 Å². The molecule has 0 saturated carbocycles. The fraction of sp³-hybridized carbons (Fsp3) is 0.571. The first-order valence-corrected chi connectivity index (χ1v) is 4.63. The maximum atomic E-state index is 12.4. The van der Waals surface area contributed by atoms with Crippen molar-refractivity contribution >= 4 is 22.6 Å². The second-order valence-corrected chi connectivity index (χ2v) is 3.88. The van der Waals surface area contributed by atoms with Crippen LogP contribution in [0.15, 0.2) is 6.20 Å². The molecule has 0 aliphatic heterocycles. The first-order valence-electron chi connectivity index (χ1n) is 3.55. The van der Waals surface area contributed by atoms with Gasteiger partial charge in [0.05, 0.1) is 9.77 Å². The summed E-state index contributed by atoms with van der Waals surface area (Å²) in [5.74, 6) is 0. The molecule has 5 heteroatoms. The molecule has 0 saturated heterocycles. The Morgan fingerprint density at radius 3 is 2.42 bits per heavy atom. The van der Waals surface area contributed by atoms with Gasteiger partial charge in [0.1, 0.15) is 5.69 Å². The Kier molecular flexibility index (Phi) is 3.03. The molecule has 0 atom stereocenters. The zero-order valence-electron chi connectivity index (χ0n) is 6.76. The van der Waals surface area contributed by atoms with Gasteiger partial charge in [-0.25, -0.2) is 8.78 Å². The quantitative estimate of drug-likeness (QED) is 0.764. The molecule has 1 aromatic rings. The third kappa shape index (κ3) is 1.75. The number of nitrogens with zero attached hydrogens (tertiary/aromatic N) is 2. The van der Waals surface area contributed by atoms with Crippen molar-refractivity contribution < 1.29 is 8.78 Å². The summed E-state index contributed by atoms with van der Waals surface area (Å²) in [5, 5.41) is 3.87. The van der Waals surface area contributed by atoms with Gasteiger partial charge in [0.15, 0.2) is 0 Å². The van der Waals surface area contributed by atoms with Crippen molar-refractivity contribution in [3.8, 4) is 0 Å². The first kappa shape index (κ1) is 9.88. The molecule has 1 aromatic heterocycles. The topological polar surface area (TPSA) is 17.8 Å². The van der Waals surface area contributed by atoms with Crippen LogP contribution in [0.5, 0.6) is 0 Å². The zero-order chi connectivity index (χ0) is 9.30. The van der Waals surface area contributed by atoms with E-state index in [0.29, 0.717) is 3.57 Å². The highest BCUT2D eigenvalue weighted by atomic mass is 127. The van der Waals surface area contributed by atoms with Crippen molar-refractivity contribution in [1.29, 1.82) is 0 Å². The maximum absolute atomic E-state index is 12.4. The molecule has 0 spiro atoms. The third-order valence-corrected chi connectivity index (χ3v) is 2.31. The molecule has 0 unspecified atom stereocenters. The zero-order valence-corrected chi connectivity index (χ0v) is 8.92. The van der Waals surface area contributed by atoms with Gasteiger partial charge in [0.2, 0.25) is 0 Å². The van der Waals surface area contributed by atoms with Crippen LogP contribution < -0.4 is 0 Å². The van der Waals surface area contributed by atoms with Crippen LogP contribution in [0.2, 0.25) is 0 Å². The third-order valence-electron chi connectivity index (χ3n) is 1.48. The monoisotopic (exact) mass is 286 g/mol. The molecule has 0 aliphatic rings. The van der Waals surface area contributed by atoms with E-state index in [9.17, 15) is 8.78 Å². The SMILES string of the molecule is CC(C)n1ncc(I)c1C(F)F. The van der Waals surface area contributed by atoms with Crippen LogP contribution in [0.25, 0.3) is 0 Å². The van der Waals surface area contributed by atoms with E-state index in [-0.39, 0.29) is 11.7 Å². The lowest BCUT2D eigenvalue weighted by molar-refractivity contribution is 0.136. The van der Waals surface area contributed by atoms with Crippen LogP contribution in [0.3, 0.4) is 0 Å². The number of hydrogen-bond acceptors (Lipinski definition) is 1. The van der Waals surface area contributed by atoms with Gasteiger partial charge in [-0.2, -0.15) is 5.10 Å². The van der Waals surface area contributed by atoms with Gasteiger partial charge in [-0.1, -0.05) is 0 Å². The van der Waals surface area contributed by atoms with Gasteiger partial charge in [0.25, 0.3) is 6.43 Å². The highest BCUT2D eigenvalue weighted by Gasteiger charge is 2.19. The second-order valence-electron chi connectivity index (χ2n) is 2.72. The van der Waals surface area contributed by atoms with Crippen molar-refractivity contribution in [3.63, 3.8) is 0 Å². The van der Waals surface area contributed by atoms with Crippen LogP contribution in [0.1, 0.15) is 32.0 Å². The normalized spacial score (nSPS) is 11.6. The molecule has 0 amide bonds. The Balaban J connectivity index is 3.12. The lowest BCUT2D eigenvalue weighted by Crippen LogP contribution is -2.08. The summed E-state index contributed by atoms with van der Waals surface area (Å²) in [6.07, 6.45) is -0.982. The summed E-state index contributed by atoms with van der Waals surface area (Å²) < 4.78 is 26.7. The molecule has 0 N–H and O–H groups in total. The first-order chi connectivity index (χ1) is 5.54. The average Bonchev–Trinajstić information content (AvgIpc) is 2.30. The van der Waals surface area contributed by atoms with Gasteiger partial charge < -0.3 is 0 Å². The molecule has 0 aromatic carbocycles. The van der Waals surface area contributed by atoms with Crippen LogP contribution in [0, 0.1) is 3.57 Å². The van der Waals surface area contributed by atoms with Crippen molar-refractivity contribution in [2.24, 2.45) is 0 Å².